The number of carbonyl (C=O) groups is 1. The van der Waals surface area contributed by atoms with Crippen molar-refractivity contribution in [3.05, 3.63) is 34.7 Å². The highest BCUT2D eigenvalue weighted by atomic mass is 32.2. The van der Waals surface area contributed by atoms with E-state index in [0.29, 0.717) is 17.9 Å². The molecule has 1 aromatic rings. The first-order valence-electron chi connectivity index (χ1n) is 9.91. The van der Waals surface area contributed by atoms with E-state index in [1.54, 1.807) is 0 Å². The van der Waals surface area contributed by atoms with Gasteiger partial charge in [0, 0.05) is 5.56 Å². The Morgan fingerprint density at radius 1 is 1.36 bits per heavy atom. The summed E-state index contributed by atoms with van der Waals surface area (Å²) in [6.07, 6.45) is 4.57. The van der Waals surface area contributed by atoms with Crippen LogP contribution >= 0.6 is 11.8 Å². The summed E-state index contributed by atoms with van der Waals surface area (Å²) in [4.78, 5) is 21.0. The van der Waals surface area contributed by atoms with Gasteiger partial charge < -0.3 is 14.5 Å². The van der Waals surface area contributed by atoms with E-state index < -0.39 is 0 Å². The molecule has 1 fully saturated rings. The largest absolute Gasteiger partial charge is 0.493 e. The first kappa shape index (κ1) is 20.4. The van der Waals surface area contributed by atoms with Crippen molar-refractivity contribution < 1.29 is 14.4 Å². The molecule has 0 radical (unpaired) electrons. The number of benzene rings is 1. The Balaban J connectivity index is 1.62. The van der Waals surface area contributed by atoms with Gasteiger partial charge in [-0.15, -0.1) is 0 Å². The third-order valence-electron chi connectivity index (χ3n) is 4.90. The molecule has 0 bridgehead atoms. The summed E-state index contributed by atoms with van der Waals surface area (Å²) in [5.74, 6) is 0.627. The number of para-hydroxylation sites is 1. The van der Waals surface area contributed by atoms with Gasteiger partial charge in [-0.3, -0.25) is 4.79 Å². The second-order valence-electron chi connectivity index (χ2n) is 6.95. The summed E-state index contributed by atoms with van der Waals surface area (Å²) < 4.78 is 5.87. The van der Waals surface area contributed by atoms with Gasteiger partial charge in [-0.2, -0.15) is 10.3 Å². The molecule has 28 heavy (non-hydrogen) atoms. The highest BCUT2D eigenvalue weighted by Crippen LogP contribution is 2.32. The van der Waals surface area contributed by atoms with E-state index in [4.69, 9.17) is 10.00 Å². The minimum absolute atomic E-state index is 0.178. The minimum Gasteiger partial charge on any atom is -0.493 e. The molecule has 1 amide bonds. The molecular formula is C21H27N4O2S+. The molecular weight excluding hydrogens is 372 g/mol. The molecule has 148 valence electrons. The Kier molecular flexibility index (Phi) is 7.52. The van der Waals surface area contributed by atoms with Crippen molar-refractivity contribution in [3.63, 3.8) is 0 Å². The fourth-order valence-corrected chi connectivity index (χ4v) is 4.18. The van der Waals surface area contributed by atoms with Gasteiger partial charge in [0.1, 0.15) is 5.75 Å². The predicted octanol–water partition coefficient (Wildman–Crippen LogP) is 1.95. The molecule has 1 saturated heterocycles. The molecule has 0 aromatic heterocycles. The highest BCUT2D eigenvalue weighted by Gasteiger charge is 2.29. The Bertz CT molecular complexity index is 792. The smallest absolute Gasteiger partial charge is 0.286 e. The van der Waals surface area contributed by atoms with Crippen LogP contribution in [0.15, 0.2) is 34.2 Å². The van der Waals surface area contributed by atoms with Crippen LogP contribution < -0.4 is 9.64 Å². The van der Waals surface area contributed by atoms with E-state index in [1.165, 1.54) is 16.7 Å². The van der Waals surface area contributed by atoms with Gasteiger partial charge in [-0.1, -0.05) is 31.5 Å². The van der Waals surface area contributed by atoms with E-state index >= 15 is 0 Å². The lowest BCUT2D eigenvalue weighted by Crippen LogP contribution is -3.14. The Morgan fingerprint density at radius 2 is 2.14 bits per heavy atom. The van der Waals surface area contributed by atoms with Crippen LogP contribution in [0, 0.1) is 11.3 Å². The molecule has 0 atom stereocenters. The normalized spacial score (nSPS) is 19.0. The predicted molar refractivity (Wildman–Crippen MR) is 112 cm³/mol. The quantitative estimate of drug-likeness (QED) is 0.561. The van der Waals surface area contributed by atoms with Crippen LogP contribution in [0.1, 0.15) is 31.7 Å². The summed E-state index contributed by atoms with van der Waals surface area (Å²) >= 11 is 1.45. The van der Waals surface area contributed by atoms with Crippen LogP contribution in [0.4, 0.5) is 0 Å². The standard InChI is InChI=1S/C21H26N4O2S/c1-2-3-15-27-18-8-5-4-7-17(18)16-19-20(26)23-21(28-19)25-13-11-24(12-14-25)10-6-9-22/h4-5,7-8,16H,2-3,6,10-15H2,1H3/p+1/b19-16-. The summed E-state index contributed by atoms with van der Waals surface area (Å²) in [6, 6.07) is 10.0. The first-order chi connectivity index (χ1) is 13.7. The molecule has 6 nitrogen and oxygen atoms in total. The number of aliphatic imine (C=N–C) groups is 1. The van der Waals surface area contributed by atoms with Crippen LogP contribution in [0.2, 0.25) is 0 Å². The van der Waals surface area contributed by atoms with Crippen molar-refractivity contribution in [2.45, 2.75) is 26.2 Å². The lowest BCUT2D eigenvalue weighted by molar-refractivity contribution is -0.903. The van der Waals surface area contributed by atoms with Crippen molar-refractivity contribution in [1.29, 1.82) is 5.26 Å². The minimum atomic E-state index is -0.178. The zero-order valence-corrected chi connectivity index (χ0v) is 17.1. The van der Waals surface area contributed by atoms with Gasteiger partial charge in [-0.25, -0.2) is 0 Å². The second-order valence-corrected chi connectivity index (χ2v) is 7.95. The number of nitrogens with zero attached hydrogens (tertiary/aromatic N) is 3. The molecule has 0 unspecified atom stereocenters. The Hall–Kier alpha value is -2.30. The molecule has 1 aromatic carbocycles. The van der Waals surface area contributed by atoms with Crippen LogP contribution in [0.25, 0.3) is 6.08 Å². The lowest BCUT2D eigenvalue weighted by Gasteiger charge is -2.32. The number of thioether (sulfide) groups is 1. The lowest BCUT2D eigenvalue weighted by atomic mass is 10.2. The topological polar surface area (TPSA) is 70.1 Å². The van der Waals surface area contributed by atoms with Crippen LogP contribution in [0.5, 0.6) is 5.75 Å². The van der Waals surface area contributed by atoms with Crippen LogP contribution in [-0.2, 0) is 4.79 Å². The number of amidine groups is 1. The van der Waals surface area contributed by atoms with Gasteiger partial charge in [-0.05, 0) is 30.3 Å². The third-order valence-corrected chi connectivity index (χ3v) is 5.95. The maximum absolute atomic E-state index is 12.4. The number of nitriles is 1. The molecule has 2 aliphatic heterocycles. The number of piperazine rings is 1. The number of unbranched alkanes of at least 4 members (excludes halogenated alkanes) is 1. The summed E-state index contributed by atoms with van der Waals surface area (Å²) in [5, 5.41) is 9.52. The maximum Gasteiger partial charge on any atom is 0.286 e. The van der Waals surface area contributed by atoms with E-state index in [9.17, 15) is 4.79 Å². The maximum atomic E-state index is 12.4. The van der Waals surface area contributed by atoms with E-state index in [0.717, 1.165) is 62.0 Å². The van der Waals surface area contributed by atoms with Crippen LogP contribution in [-0.4, -0.2) is 55.3 Å². The third kappa shape index (κ3) is 5.37. The number of amides is 1. The van der Waals surface area contributed by atoms with Crippen molar-refractivity contribution in [3.8, 4) is 11.8 Å². The molecule has 3 rings (SSSR count). The molecule has 1 N–H and O–H groups in total. The zero-order chi connectivity index (χ0) is 19.8. The van der Waals surface area contributed by atoms with E-state index in [1.807, 2.05) is 30.3 Å². The number of quaternary nitrogens is 1. The van der Waals surface area contributed by atoms with Gasteiger partial charge in [0.05, 0.1) is 56.7 Å². The van der Waals surface area contributed by atoms with E-state index in [-0.39, 0.29) is 5.91 Å². The number of nitrogens with one attached hydrogen (secondary N) is 1. The average Bonchev–Trinajstić information content (AvgIpc) is 3.08. The van der Waals surface area contributed by atoms with E-state index in [2.05, 4.69) is 22.9 Å². The number of hydrogen-bond donors (Lipinski definition) is 1. The highest BCUT2D eigenvalue weighted by molar-refractivity contribution is 8.18. The van der Waals surface area contributed by atoms with Gasteiger partial charge in [0.2, 0.25) is 0 Å². The second kappa shape index (κ2) is 10.3. The summed E-state index contributed by atoms with van der Waals surface area (Å²) in [6.45, 7) is 7.38. The molecule has 0 spiro atoms. The van der Waals surface area contributed by atoms with Gasteiger partial charge in [0.25, 0.3) is 5.91 Å². The fraction of sp³-hybridized carbons (Fsp3) is 0.476. The van der Waals surface area contributed by atoms with Crippen molar-refractivity contribution in [2.24, 2.45) is 4.99 Å². The fourth-order valence-electron chi connectivity index (χ4n) is 3.23. The molecule has 0 saturated carbocycles. The summed E-state index contributed by atoms with van der Waals surface area (Å²) in [5.41, 5.74) is 0.914. The molecule has 7 heteroatoms. The van der Waals surface area contributed by atoms with Gasteiger partial charge >= 0.3 is 0 Å². The average molecular weight is 400 g/mol. The van der Waals surface area contributed by atoms with Crippen LogP contribution in [0.3, 0.4) is 0 Å². The van der Waals surface area contributed by atoms with Crippen molar-refractivity contribution >= 4 is 28.9 Å². The SMILES string of the molecule is CCCCOc1ccccc1/C=C1\SC(N2CC[NH+](CCC#N)CC2)=NC1=O. The van der Waals surface area contributed by atoms with Gasteiger partial charge in [0.15, 0.2) is 5.17 Å². The molecule has 0 aliphatic carbocycles. The molecule has 2 aliphatic rings. The monoisotopic (exact) mass is 399 g/mol. The Morgan fingerprint density at radius 3 is 2.89 bits per heavy atom. The number of ether oxygens (including phenoxy) is 1. The number of hydrogen-bond acceptors (Lipinski definition) is 5. The Labute approximate surface area is 170 Å². The molecule has 2 heterocycles. The number of carbonyl (C=O) groups excluding carboxylic acids is 1. The number of rotatable bonds is 7. The van der Waals surface area contributed by atoms with Crippen molar-refractivity contribution in [1.82, 2.24) is 4.90 Å². The zero-order valence-electron chi connectivity index (χ0n) is 16.3. The van der Waals surface area contributed by atoms with Crippen molar-refractivity contribution in [2.75, 3.05) is 39.3 Å². The first-order valence-corrected chi connectivity index (χ1v) is 10.7. The summed E-state index contributed by atoms with van der Waals surface area (Å²) in [7, 11) is 0.